The number of methoxy groups -OCH3 is 1. The van der Waals surface area contributed by atoms with Crippen molar-refractivity contribution in [3.05, 3.63) is 36.5 Å². The maximum absolute atomic E-state index is 12.5. The summed E-state index contributed by atoms with van der Waals surface area (Å²) in [4.78, 5) is 21.0. The van der Waals surface area contributed by atoms with Gasteiger partial charge >= 0.3 is 0 Å². The molecule has 1 N–H and O–H groups in total. The summed E-state index contributed by atoms with van der Waals surface area (Å²) in [5.41, 5.74) is 0.367. The minimum Gasteiger partial charge on any atom is -0.497 e. The molecule has 1 fully saturated rings. The summed E-state index contributed by atoms with van der Waals surface area (Å²) in [5, 5.41) is 3.10. The number of carbonyl (C=O) groups excluding carboxylic acids is 1. The van der Waals surface area contributed by atoms with Crippen molar-refractivity contribution in [2.24, 2.45) is 5.92 Å². The second-order valence-corrected chi connectivity index (χ2v) is 6.15. The minimum atomic E-state index is -0.148. The Morgan fingerprint density at radius 3 is 2.74 bits per heavy atom. The van der Waals surface area contributed by atoms with E-state index in [0.717, 1.165) is 31.6 Å². The molecule has 2 heterocycles. The molecule has 2 aromatic heterocycles. The number of pyridine rings is 1. The van der Waals surface area contributed by atoms with Gasteiger partial charge in [0.2, 0.25) is 0 Å². The monoisotopic (exact) mass is 314 g/mol. The molecule has 0 saturated heterocycles. The fourth-order valence-electron chi connectivity index (χ4n) is 2.92. The van der Waals surface area contributed by atoms with Gasteiger partial charge in [0.25, 0.3) is 5.91 Å². The lowest BCUT2D eigenvalue weighted by Gasteiger charge is -2.26. The van der Waals surface area contributed by atoms with Crippen LogP contribution in [0.25, 0.3) is 5.82 Å². The van der Waals surface area contributed by atoms with Crippen molar-refractivity contribution < 1.29 is 9.53 Å². The highest BCUT2D eigenvalue weighted by Crippen LogP contribution is 2.24. The Hall–Kier alpha value is -2.37. The number of imidazole rings is 1. The highest BCUT2D eigenvalue weighted by atomic mass is 16.5. The lowest BCUT2D eigenvalue weighted by atomic mass is 9.87. The Kier molecular flexibility index (Phi) is 4.60. The number of ether oxygens (including phenoxy) is 1. The van der Waals surface area contributed by atoms with E-state index < -0.39 is 0 Å². The van der Waals surface area contributed by atoms with Gasteiger partial charge in [-0.15, -0.1) is 0 Å². The second kappa shape index (κ2) is 6.81. The Bertz CT molecular complexity index is 661. The largest absolute Gasteiger partial charge is 0.497 e. The summed E-state index contributed by atoms with van der Waals surface area (Å²) in [6.45, 7) is 2.26. The molecule has 1 aliphatic rings. The number of aromatic nitrogens is 3. The van der Waals surface area contributed by atoms with Gasteiger partial charge in [0, 0.05) is 30.6 Å². The van der Waals surface area contributed by atoms with Crippen molar-refractivity contribution in [2.45, 2.75) is 38.6 Å². The van der Waals surface area contributed by atoms with Crippen LogP contribution in [0.1, 0.15) is 43.1 Å². The van der Waals surface area contributed by atoms with E-state index in [9.17, 15) is 4.79 Å². The molecule has 0 bridgehead atoms. The van der Waals surface area contributed by atoms with E-state index in [1.165, 1.54) is 0 Å². The molecule has 1 amide bonds. The normalized spacial score (nSPS) is 21.0. The topological polar surface area (TPSA) is 69.0 Å². The molecule has 1 aliphatic carbocycles. The predicted octanol–water partition coefficient (Wildman–Crippen LogP) is 2.58. The smallest absolute Gasteiger partial charge is 0.270 e. The number of hydrogen-bond acceptors (Lipinski definition) is 4. The van der Waals surface area contributed by atoms with Crippen molar-refractivity contribution in [1.82, 2.24) is 19.9 Å². The van der Waals surface area contributed by atoms with Crippen LogP contribution in [0, 0.1) is 5.92 Å². The maximum atomic E-state index is 12.5. The molecule has 23 heavy (non-hydrogen) atoms. The van der Waals surface area contributed by atoms with Gasteiger partial charge in [-0.2, -0.15) is 0 Å². The predicted molar refractivity (Wildman–Crippen MR) is 86.8 cm³/mol. The first kappa shape index (κ1) is 15.5. The molecule has 1 saturated carbocycles. The van der Waals surface area contributed by atoms with Crippen molar-refractivity contribution in [3.63, 3.8) is 0 Å². The molecular formula is C17H22N4O2. The first-order valence-corrected chi connectivity index (χ1v) is 8.01. The summed E-state index contributed by atoms with van der Waals surface area (Å²) in [6.07, 6.45) is 9.49. The molecule has 0 unspecified atom stereocenters. The Morgan fingerprint density at radius 1 is 1.30 bits per heavy atom. The molecule has 0 spiro atoms. The molecule has 0 atom stereocenters. The number of carbonyl (C=O) groups is 1. The summed E-state index contributed by atoms with van der Waals surface area (Å²) >= 11 is 0. The molecule has 6 nitrogen and oxygen atoms in total. The molecule has 122 valence electrons. The summed E-state index contributed by atoms with van der Waals surface area (Å²) in [5.74, 6) is 1.83. The fourth-order valence-corrected chi connectivity index (χ4v) is 2.92. The molecule has 3 rings (SSSR count). The zero-order chi connectivity index (χ0) is 16.2. The van der Waals surface area contributed by atoms with Gasteiger partial charge < -0.3 is 10.1 Å². The molecule has 2 aromatic rings. The van der Waals surface area contributed by atoms with E-state index in [1.54, 1.807) is 42.5 Å². The van der Waals surface area contributed by atoms with Gasteiger partial charge in [-0.3, -0.25) is 9.36 Å². The standard InChI is InChI=1S/C17H22N4O2/c1-12-3-5-13(6-4-12)19-17(22)15-9-14(23-2)10-16(20-15)21-8-7-18-11-21/h7-13H,3-6H2,1-2H3,(H,19,22). The van der Waals surface area contributed by atoms with Crippen molar-refractivity contribution in [1.29, 1.82) is 0 Å². The number of amides is 1. The van der Waals surface area contributed by atoms with E-state index in [2.05, 4.69) is 22.2 Å². The quantitative estimate of drug-likeness (QED) is 0.942. The second-order valence-electron chi connectivity index (χ2n) is 6.15. The third-order valence-electron chi connectivity index (χ3n) is 4.37. The highest BCUT2D eigenvalue weighted by Gasteiger charge is 2.21. The lowest BCUT2D eigenvalue weighted by molar-refractivity contribution is 0.0917. The number of rotatable bonds is 4. The fraction of sp³-hybridized carbons (Fsp3) is 0.471. The van der Waals surface area contributed by atoms with Gasteiger partial charge in [-0.1, -0.05) is 6.92 Å². The SMILES string of the molecule is COc1cc(C(=O)NC2CCC(C)CC2)nc(-n2ccnc2)c1. The maximum Gasteiger partial charge on any atom is 0.270 e. The highest BCUT2D eigenvalue weighted by molar-refractivity contribution is 5.93. The lowest BCUT2D eigenvalue weighted by Crippen LogP contribution is -2.37. The van der Waals surface area contributed by atoms with E-state index in [4.69, 9.17) is 4.74 Å². The van der Waals surface area contributed by atoms with Gasteiger partial charge in [0.1, 0.15) is 23.6 Å². The minimum absolute atomic E-state index is 0.148. The van der Waals surface area contributed by atoms with Crippen LogP contribution in [0.5, 0.6) is 5.75 Å². The van der Waals surface area contributed by atoms with Gasteiger partial charge in [-0.25, -0.2) is 9.97 Å². The van der Waals surface area contributed by atoms with E-state index in [1.807, 2.05) is 0 Å². The third-order valence-corrected chi connectivity index (χ3v) is 4.37. The average Bonchev–Trinajstić information content (AvgIpc) is 3.11. The van der Waals surface area contributed by atoms with Gasteiger partial charge in [0.15, 0.2) is 0 Å². The van der Waals surface area contributed by atoms with Crippen molar-refractivity contribution in [2.75, 3.05) is 7.11 Å². The van der Waals surface area contributed by atoms with Crippen LogP contribution in [0.3, 0.4) is 0 Å². The van der Waals surface area contributed by atoms with Crippen molar-refractivity contribution >= 4 is 5.91 Å². The van der Waals surface area contributed by atoms with Crippen LogP contribution in [-0.4, -0.2) is 33.6 Å². The van der Waals surface area contributed by atoms with Crippen LogP contribution in [0.4, 0.5) is 0 Å². The summed E-state index contributed by atoms with van der Waals surface area (Å²) in [7, 11) is 1.58. The zero-order valence-corrected chi connectivity index (χ0v) is 13.5. The molecule has 0 aliphatic heterocycles. The van der Waals surface area contributed by atoms with Crippen LogP contribution >= 0.6 is 0 Å². The first-order valence-electron chi connectivity index (χ1n) is 8.01. The Labute approximate surface area is 135 Å². The van der Waals surface area contributed by atoms with Crippen LogP contribution in [-0.2, 0) is 0 Å². The molecule has 0 aromatic carbocycles. The zero-order valence-electron chi connectivity index (χ0n) is 13.5. The average molecular weight is 314 g/mol. The van der Waals surface area contributed by atoms with E-state index in [0.29, 0.717) is 17.3 Å². The molecular weight excluding hydrogens is 292 g/mol. The van der Waals surface area contributed by atoms with E-state index >= 15 is 0 Å². The van der Waals surface area contributed by atoms with Crippen LogP contribution in [0.2, 0.25) is 0 Å². The van der Waals surface area contributed by atoms with Crippen LogP contribution < -0.4 is 10.1 Å². The van der Waals surface area contributed by atoms with Gasteiger partial charge in [0.05, 0.1) is 7.11 Å². The third kappa shape index (κ3) is 3.70. The Balaban J connectivity index is 1.78. The molecule has 6 heteroatoms. The molecule has 0 radical (unpaired) electrons. The first-order chi connectivity index (χ1) is 11.2. The summed E-state index contributed by atoms with van der Waals surface area (Å²) < 4.78 is 7.05. The van der Waals surface area contributed by atoms with E-state index in [-0.39, 0.29) is 11.9 Å². The Morgan fingerprint density at radius 2 is 2.09 bits per heavy atom. The van der Waals surface area contributed by atoms with Gasteiger partial charge in [-0.05, 0) is 31.6 Å². The number of hydrogen-bond donors (Lipinski definition) is 1. The van der Waals surface area contributed by atoms with Crippen molar-refractivity contribution in [3.8, 4) is 11.6 Å². The number of nitrogens with one attached hydrogen (secondary N) is 1. The van der Waals surface area contributed by atoms with Crippen LogP contribution in [0.15, 0.2) is 30.9 Å². The summed E-state index contributed by atoms with van der Waals surface area (Å²) in [6, 6.07) is 3.69. The number of nitrogens with zero attached hydrogens (tertiary/aromatic N) is 3.